The van der Waals surface area contributed by atoms with Crippen LogP contribution in [0.15, 0.2) is 34.9 Å². The number of allylic oxidation sites excluding steroid dienone is 6. The molecule has 0 fully saturated rings. The van der Waals surface area contributed by atoms with Crippen molar-refractivity contribution in [3.05, 3.63) is 34.9 Å². The Kier molecular flexibility index (Phi) is 16.4. The fraction of sp³-hybridized carbons (Fsp3) is 0.600. The Bertz CT molecular complexity index is 252. The molecule has 0 saturated heterocycles. The summed E-state index contributed by atoms with van der Waals surface area (Å²) < 4.78 is 0. The van der Waals surface area contributed by atoms with Gasteiger partial charge in [-0.1, -0.05) is 66.8 Å². The number of halogens is 2. The zero-order valence-electron chi connectivity index (χ0n) is 11.8. The van der Waals surface area contributed by atoms with E-state index >= 15 is 0 Å². The summed E-state index contributed by atoms with van der Waals surface area (Å²) >= 11 is 6.65. The van der Waals surface area contributed by atoms with E-state index in [9.17, 15) is 0 Å². The molecule has 17 heavy (non-hydrogen) atoms. The van der Waals surface area contributed by atoms with Gasteiger partial charge >= 0.3 is 0 Å². The van der Waals surface area contributed by atoms with E-state index in [1.807, 2.05) is 0 Å². The van der Waals surface area contributed by atoms with Gasteiger partial charge in [0.05, 0.1) is 0 Å². The zero-order valence-corrected chi connectivity index (χ0v) is 15.0. The molecule has 0 atom stereocenters. The fourth-order valence-electron chi connectivity index (χ4n) is 0.977. The standard InChI is InChI=1S/C10H17Br.C5H9Br/c1-9(2)5-4-6-10(3)7-8-11;1-5(2)3-4-6/h5,7H,4,6,8H2,1-3H3;3H,4H2,1-2H3. The molecule has 0 spiro atoms. The van der Waals surface area contributed by atoms with Gasteiger partial charge in [0, 0.05) is 10.7 Å². The second kappa shape index (κ2) is 14.2. The molecule has 0 rings (SSSR count). The molecule has 0 saturated carbocycles. The monoisotopic (exact) mass is 364 g/mol. The van der Waals surface area contributed by atoms with E-state index in [-0.39, 0.29) is 0 Å². The number of rotatable bonds is 5. The Morgan fingerprint density at radius 1 is 0.765 bits per heavy atom. The van der Waals surface area contributed by atoms with E-state index in [2.05, 4.69) is 84.7 Å². The van der Waals surface area contributed by atoms with Crippen LogP contribution >= 0.6 is 31.9 Å². The predicted molar refractivity (Wildman–Crippen MR) is 89.4 cm³/mol. The van der Waals surface area contributed by atoms with Crippen molar-refractivity contribution in [3.63, 3.8) is 0 Å². The van der Waals surface area contributed by atoms with Crippen molar-refractivity contribution in [2.75, 3.05) is 10.7 Å². The smallest absolute Gasteiger partial charge is 0.0214 e. The Morgan fingerprint density at radius 2 is 1.24 bits per heavy atom. The molecule has 0 aliphatic rings. The van der Waals surface area contributed by atoms with Crippen LogP contribution in [0.2, 0.25) is 0 Å². The first-order valence-corrected chi connectivity index (χ1v) is 8.22. The molecular formula is C15H26Br2. The van der Waals surface area contributed by atoms with Gasteiger partial charge in [0.2, 0.25) is 0 Å². The third-order valence-corrected chi connectivity index (χ3v) is 2.65. The molecule has 0 bridgehead atoms. The summed E-state index contributed by atoms with van der Waals surface area (Å²) in [6, 6.07) is 0. The van der Waals surface area contributed by atoms with Gasteiger partial charge in [-0.2, -0.15) is 0 Å². The summed E-state index contributed by atoms with van der Waals surface area (Å²) in [5.41, 5.74) is 4.25. The highest BCUT2D eigenvalue weighted by Crippen LogP contribution is 2.06. The molecule has 100 valence electrons. The van der Waals surface area contributed by atoms with Crippen LogP contribution in [0.5, 0.6) is 0 Å². The minimum Gasteiger partial charge on any atom is -0.0883 e. The van der Waals surface area contributed by atoms with Crippen LogP contribution in [0.3, 0.4) is 0 Å². The number of hydrogen-bond donors (Lipinski definition) is 0. The molecule has 0 radical (unpaired) electrons. The molecule has 0 nitrogen and oxygen atoms in total. The maximum absolute atomic E-state index is 3.38. The van der Waals surface area contributed by atoms with Crippen molar-refractivity contribution in [1.29, 1.82) is 0 Å². The molecule has 0 N–H and O–H groups in total. The Morgan fingerprint density at radius 3 is 1.53 bits per heavy atom. The van der Waals surface area contributed by atoms with Crippen molar-refractivity contribution in [3.8, 4) is 0 Å². The van der Waals surface area contributed by atoms with Gasteiger partial charge < -0.3 is 0 Å². The molecule has 0 unspecified atom stereocenters. The van der Waals surface area contributed by atoms with Gasteiger partial charge in [0.15, 0.2) is 0 Å². The number of hydrogen-bond acceptors (Lipinski definition) is 0. The molecule has 0 aliphatic carbocycles. The lowest BCUT2D eigenvalue weighted by molar-refractivity contribution is 0.964. The van der Waals surface area contributed by atoms with E-state index in [0.717, 1.165) is 10.7 Å². The van der Waals surface area contributed by atoms with Crippen molar-refractivity contribution >= 4 is 31.9 Å². The first kappa shape index (κ1) is 19.5. The van der Waals surface area contributed by atoms with Gasteiger partial charge in [-0.25, -0.2) is 0 Å². The highest BCUT2D eigenvalue weighted by atomic mass is 79.9. The van der Waals surface area contributed by atoms with Gasteiger partial charge in [-0.05, 0) is 47.5 Å². The van der Waals surface area contributed by atoms with Gasteiger partial charge in [0.25, 0.3) is 0 Å². The van der Waals surface area contributed by atoms with Gasteiger partial charge in [-0.15, -0.1) is 0 Å². The molecule has 0 aromatic heterocycles. The van der Waals surface area contributed by atoms with E-state index < -0.39 is 0 Å². The SMILES string of the molecule is CC(C)=CCBr.CC(C)=CCCC(C)=CCBr. The van der Waals surface area contributed by atoms with Crippen molar-refractivity contribution < 1.29 is 0 Å². The molecule has 0 aromatic rings. The van der Waals surface area contributed by atoms with Crippen molar-refractivity contribution in [2.45, 2.75) is 47.5 Å². The first-order chi connectivity index (χ1) is 7.93. The Balaban J connectivity index is 0. The quantitative estimate of drug-likeness (QED) is 0.389. The van der Waals surface area contributed by atoms with E-state index in [1.165, 1.54) is 29.6 Å². The highest BCUT2D eigenvalue weighted by Gasteiger charge is 1.86. The Labute approximate surface area is 125 Å². The summed E-state index contributed by atoms with van der Waals surface area (Å²) in [6.45, 7) is 10.6. The lowest BCUT2D eigenvalue weighted by atomic mass is 10.1. The average molecular weight is 366 g/mol. The summed E-state index contributed by atoms with van der Waals surface area (Å²) in [5.74, 6) is 0. The van der Waals surface area contributed by atoms with E-state index in [4.69, 9.17) is 0 Å². The first-order valence-electron chi connectivity index (χ1n) is 5.98. The lowest BCUT2D eigenvalue weighted by Gasteiger charge is -1.96. The highest BCUT2D eigenvalue weighted by molar-refractivity contribution is 9.09. The van der Waals surface area contributed by atoms with Crippen molar-refractivity contribution in [2.24, 2.45) is 0 Å². The summed E-state index contributed by atoms with van der Waals surface area (Å²) in [6.07, 6.45) is 9.00. The fourth-order valence-corrected chi connectivity index (χ4v) is 2.18. The summed E-state index contributed by atoms with van der Waals surface area (Å²) in [7, 11) is 0. The minimum atomic E-state index is 0.980. The topological polar surface area (TPSA) is 0 Å². The van der Waals surface area contributed by atoms with Crippen LogP contribution in [0.1, 0.15) is 47.5 Å². The maximum atomic E-state index is 3.38. The minimum absolute atomic E-state index is 0.980. The molecular weight excluding hydrogens is 340 g/mol. The molecule has 0 amide bonds. The molecule has 0 aromatic carbocycles. The average Bonchev–Trinajstić information content (AvgIpc) is 2.18. The Hall–Kier alpha value is 0.180. The normalized spacial score (nSPS) is 10.2. The van der Waals surface area contributed by atoms with Gasteiger partial charge in [0.1, 0.15) is 0 Å². The van der Waals surface area contributed by atoms with Crippen LogP contribution in [0, 0.1) is 0 Å². The third-order valence-electron chi connectivity index (χ3n) is 2.00. The summed E-state index contributed by atoms with van der Waals surface area (Å²) in [4.78, 5) is 0. The van der Waals surface area contributed by atoms with E-state index in [1.54, 1.807) is 0 Å². The second-order valence-electron chi connectivity index (χ2n) is 4.46. The molecule has 0 heterocycles. The molecule has 0 aliphatic heterocycles. The molecule has 2 heteroatoms. The largest absolute Gasteiger partial charge is 0.0883 e. The van der Waals surface area contributed by atoms with Crippen LogP contribution in [-0.4, -0.2) is 10.7 Å². The van der Waals surface area contributed by atoms with E-state index in [0.29, 0.717) is 0 Å². The zero-order chi connectivity index (χ0) is 13.7. The second-order valence-corrected chi connectivity index (χ2v) is 5.76. The third kappa shape index (κ3) is 21.9. The van der Waals surface area contributed by atoms with Crippen LogP contribution in [0.4, 0.5) is 0 Å². The van der Waals surface area contributed by atoms with Crippen molar-refractivity contribution in [1.82, 2.24) is 0 Å². The van der Waals surface area contributed by atoms with Crippen LogP contribution < -0.4 is 0 Å². The van der Waals surface area contributed by atoms with Gasteiger partial charge in [-0.3, -0.25) is 0 Å². The lowest BCUT2D eigenvalue weighted by Crippen LogP contribution is -1.77. The maximum Gasteiger partial charge on any atom is 0.0214 e. The van der Waals surface area contributed by atoms with Crippen LogP contribution in [-0.2, 0) is 0 Å². The van der Waals surface area contributed by atoms with Crippen LogP contribution in [0.25, 0.3) is 0 Å². The number of alkyl halides is 2. The predicted octanol–water partition coefficient (Wildman–Crippen LogP) is 6.42. The summed E-state index contributed by atoms with van der Waals surface area (Å²) in [5, 5.41) is 1.96.